The lowest BCUT2D eigenvalue weighted by molar-refractivity contribution is -0.162. The number of amides is 1. The van der Waals surface area contributed by atoms with E-state index in [-0.39, 0.29) is 22.3 Å². The topological polar surface area (TPSA) is 46.6 Å². The molecule has 3 aromatic carbocycles. The highest BCUT2D eigenvalue weighted by Crippen LogP contribution is 2.59. The number of carbonyl (C=O) groups is 2. The molecule has 0 spiro atoms. The highest BCUT2D eigenvalue weighted by Gasteiger charge is 2.62. The Balaban J connectivity index is 1.75. The Labute approximate surface area is 259 Å². The van der Waals surface area contributed by atoms with Gasteiger partial charge in [-0.3, -0.25) is 9.59 Å². The third-order valence-corrected chi connectivity index (χ3v) is 17.1. The number of thioether (sulfide) groups is 1. The number of thiophene rings is 1. The van der Waals surface area contributed by atoms with Gasteiger partial charge in [0.2, 0.25) is 5.91 Å². The van der Waals surface area contributed by atoms with E-state index >= 15 is 0 Å². The average molecular weight is 614 g/mol. The molecule has 3 atom stereocenters. The van der Waals surface area contributed by atoms with Crippen LogP contribution in [0.3, 0.4) is 0 Å². The molecule has 0 N–H and O–H groups in total. The van der Waals surface area contributed by atoms with Crippen molar-refractivity contribution in [2.75, 3.05) is 0 Å². The van der Waals surface area contributed by atoms with Gasteiger partial charge in [-0.05, 0) is 33.2 Å². The average Bonchev–Trinajstić information content (AvgIpc) is 3.50. The van der Waals surface area contributed by atoms with Crippen molar-refractivity contribution in [3.63, 3.8) is 0 Å². The number of rotatable bonds is 9. The van der Waals surface area contributed by atoms with Gasteiger partial charge in [0.1, 0.15) is 5.92 Å². The highest BCUT2D eigenvalue weighted by molar-refractivity contribution is 8.01. The monoisotopic (exact) mass is 613 g/mol. The minimum absolute atomic E-state index is 0.0683. The molecular formula is C35H39NO3S2Si. The summed E-state index contributed by atoms with van der Waals surface area (Å²) < 4.78 is 7.57. The summed E-state index contributed by atoms with van der Waals surface area (Å²) in [4.78, 5) is 27.8. The number of esters is 1. The summed E-state index contributed by atoms with van der Waals surface area (Å²) in [7, 11) is -2.34. The van der Waals surface area contributed by atoms with Gasteiger partial charge < -0.3 is 9.30 Å². The largest absolute Gasteiger partial charge is 0.456 e. The molecule has 1 saturated heterocycles. The Bertz CT molecular complexity index is 1410. The minimum Gasteiger partial charge on any atom is -0.456 e. The molecule has 5 rings (SSSR count). The molecule has 1 aliphatic heterocycles. The Hall–Kier alpha value is -3.13. The van der Waals surface area contributed by atoms with Gasteiger partial charge in [0.15, 0.2) is 14.3 Å². The van der Waals surface area contributed by atoms with Crippen molar-refractivity contribution in [1.29, 1.82) is 0 Å². The molecule has 7 heteroatoms. The zero-order chi connectivity index (χ0) is 30.1. The molecule has 1 amide bonds. The molecule has 0 radical (unpaired) electrons. The Morgan fingerprint density at radius 3 is 1.69 bits per heavy atom. The standard InChI is InChI=1S/C35H39NO3S2Si/c1-25(37)39-31(29-23-16-24-40-29)30-32(38)36(42(5,6)34(2,3)4)33(30)41-35(26-17-10-7-11-18-26,27-19-12-8-13-20-27)28-21-14-9-15-22-28/h7-24,30-31,33H,1-6H3. The molecule has 0 aliphatic carbocycles. The number of hydrogen-bond donors (Lipinski definition) is 0. The van der Waals surface area contributed by atoms with Gasteiger partial charge in [-0.2, -0.15) is 0 Å². The maximum Gasteiger partial charge on any atom is 0.303 e. The molecule has 0 bridgehead atoms. The van der Waals surface area contributed by atoms with Crippen LogP contribution in [-0.2, 0) is 19.1 Å². The van der Waals surface area contributed by atoms with Crippen molar-refractivity contribution in [2.24, 2.45) is 5.92 Å². The van der Waals surface area contributed by atoms with Crippen LogP contribution in [0, 0.1) is 5.92 Å². The van der Waals surface area contributed by atoms with Crippen molar-refractivity contribution >= 4 is 43.2 Å². The zero-order valence-electron chi connectivity index (χ0n) is 25.1. The fourth-order valence-corrected chi connectivity index (χ4v) is 11.5. The van der Waals surface area contributed by atoms with Crippen LogP contribution in [0.25, 0.3) is 0 Å². The Kier molecular flexibility index (Phi) is 8.57. The number of hydrogen-bond acceptors (Lipinski definition) is 5. The summed E-state index contributed by atoms with van der Waals surface area (Å²) in [5.41, 5.74) is 3.42. The fourth-order valence-electron chi connectivity index (χ4n) is 5.69. The van der Waals surface area contributed by atoms with E-state index in [0.717, 1.165) is 21.6 Å². The summed E-state index contributed by atoms with van der Waals surface area (Å²) in [6.45, 7) is 12.7. The van der Waals surface area contributed by atoms with Gasteiger partial charge in [-0.15, -0.1) is 23.1 Å². The van der Waals surface area contributed by atoms with Gasteiger partial charge >= 0.3 is 5.97 Å². The van der Waals surface area contributed by atoms with Gasteiger partial charge in [0.25, 0.3) is 0 Å². The maximum absolute atomic E-state index is 14.4. The molecule has 218 valence electrons. The third kappa shape index (κ3) is 5.38. The first kappa shape index (κ1) is 30.3. The molecular weight excluding hydrogens is 575 g/mol. The van der Waals surface area contributed by atoms with E-state index in [0.29, 0.717) is 0 Å². The zero-order valence-corrected chi connectivity index (χ0v) is 27.7. The minimum atomic E-state index is -2.34. The van der Waals surface area contributed by atoms with Gasteiger partial charge in [-0.1, -0.05) is 131 Å². The molecule has 1 fully saturated rings. The van der Waals surface area contributed by atoms with Gasteiger partial charge in [-0.25, -0.2) is 0 Å². The number of nitrogens with zero attached hydrogens (tertiary/aromatic N) is 1. The van der Waals surface area contributed by atoms with Gasteiger partial charge in [0, 0.05) is 11.8 Å². The lowest BCUT2D eigenvalue weighted by atomic mass is 9.84. The summed E-state index contributed by atoms with van der Waals surface area (Å²) in [6, 6.07) is 35.6. The molecule has 4 aromatic rings. The number of benzene rings is 3. The summed E-state index contributed by atoms with van der Waals surface area (Å²) in [5, 5.41) is 1.68. The van der Waals surface area contributed by atoms with Crippen LogP contribution in [0.4, 0.5) is 0 Å². The van der Waals surface area contributed by atoms with Crippen LogP contribution in [0.1, 0.15) is 55.4 Å². The van der Waals surface area contributed by atoms with Gasteiger partial charge in [0.05, 0.1) is 10.1 Å². The first-order chi connectivity index (χ1) is 20.0. The first-order valence-electron chi connectivity index (χ1n) is 14.4. The fraction of sp³-hybridized carbons (Fsp3) is 0.314. The van der Waals surface area contributed by atoms with E-state index in [2.05, 4.69) is 111 Å². The maximum atomic E-state index is 14.4. The lowest BCUT2D eigenvalue weighted by Gasteiger charge is -2.60. The lowest BCUT2D eigenvalue weighted by Crippen LogP contribution is -2.73. The molecule has 4 nitrogen and oxygen atoms in total. The molecule has 2 heterocycles. The van der Waals surface area contributed by atoms with Crippen LogP contribution >= 0.6 is 23.1 Å². The van der Waals surface area contributed by atoms with E-state index in [1.165, 1.54) is 18.3 Å². The van der Waals surface area contributed by atoms with Crippen LogP contribution in [0.5, 0.6) is 0 Å². The summed E-state index contributed by atoms with van der Waals surface area (Å²) in [6.07, 6.45) is -0.645. The second kappa shape index (κ2) is 11.9. The van der Waals surface area contributed by atoms with E-state index in [4.69, 9.17) is 4.74 Å². The number of ether oxygens (including phenoxy) is 1. The second-order valence-corrected chi connectivity index (χ2v) is 19.8. The van der Waals surface area contributed by atoms with Crippen LogP contribution < -0.4 is 0 Å². The molecule has 1 aromatic heterocycles. The molecule has 1 aliphatic rings. The van der Waals surface area contributed by atoms with Crippen molar-refractivity contribution in [3.8, 4) is 0 Å². The smallest absolute Gasteiger partial charge is 0.303 e. The first-order valence-corrected chi connectivity index (χ1v) is 19.1. The van der Waals surface area contributed by atoms with E-state index in [1.807, 2.05) is 47.5 Å². The molecule has 42 heavy (non-hydrogen) atoms. The molecule has 3 unspecified atom stereocenters. The quantitative estimate of drug-likeness (QED) is 0.0819. The predicted molar refractivity (Wildman–Crippen MR) is 177 cm³/mol. The number of β-lactam (4-membered cyclic amide) rings is 1. The Morgan fingerprint density at radius 1 is 0.833 bits per heavy atom. The van der Waals surface area contributed by atoms with E-state index in [9.17, 15) is 9.59 Å². The summed E-state index contributed by atoms with van der Waals surface area (Å²) in [5.74, 6) is -0.819. The third-order valence-electron chi connectivity index (χ3n) is 8.80. The summed E-state index contributed by atoms with van der Waals surface area (Å²) >= 11 is 3.34. The predicted octanol–water partition coefficient (Wildman–Crippen LogP) is 8.87. The SMILES string of the molecule is CC(=O)OC(c1cccs1)C1C(=O)N([Si](C)(C)C(C)(C)C)C1SC(c1ccccc1)(c1ccccc1)c1ccccc1. The van der Waals surface area contributed by atoms with Crippen LogP contribution in [0.15, 0.2) is 109 Å². The second-order valence-electron chi connectivity index (χ2n) is 12.4. The van der Waals surface area contributed by atoms with Crippen LogP contribution in [0.2, 0.25) is 18.1 Å². The van der Waals surface area contributed by atoms with E-state index in [1.54, 1.807) is 0 Å². The highest BCUT2D eigenvalue weighted by atomic mass is 32.2. The van der Waals surface area contributed by atoms with Crippen molar-refractivity contribution in [2.45, 2.75) is 62.1 Å². The van der Waals surface area contributed by atoms with Crippen molar-refractivity contribution < 1.29 is 14.3 Å². The van der Waals surface area contributed by atoms with E-state index < -0.39 is 25.0 Å². The van der Waals surface area contributed by atoms with Crippen molar-refractivity contribution in [3.05, 3.63) is 130 Å². The van der Waals surface area contributed by atoms with Crippen molar-refractivity contribution in [1.82, 2.24) is 4.57 Å². The Morgan fingerprint density at radius 2 is 1.31 bits per heavy atom. The number of carbonyl (C=O) groups excluding carboxylic acids is 2. The normalized spacial score (nSPS) is 18.3. The van der Waals surface area contributed by atoms with Crippen LogP contribution in [-0.4, -0.2) is 30.1 Å². The molecule has 0 saturated carbocycles.